The second-order valence-corrected chi connectivity index (χ2v) is 3.92. The van der Waals surface area contributed by atoms with Crippen LogP contribution in [0.2, 0.25) is 0 Å². The van der Waals surface area contributed by atoms with E-state index in [0.717, 1.165) is 6.07 Å². The lowest BCUT2D eigenvalue weighted by Gasteiger charge is -2.14. The van der Waals surface area contributed by atoms with Gasteiger partial charge >= 0.3 is 6.18 Å². The van der Waals surface area contributed by atoms with Gasteiger partial charge in [0.2, 0.25) is 6.79 Å². The largest absolute Gasteiger partial charge is 0.454 e. The van der Waals surface area contributed by atoms with Crippen LogP contribution >= 0.6 is 0 Å². The van der Waals surface area contributed by atoms with Crippen molar-refractivity contribution in [2.75, 3.05) is 12.5 Å². The average molecular weight is 271 g/mol. The van der Waals surface area contributed by atoms with Crippen molar-refractivity contribution in [1.29, 1.82) is 0 Å². The Kier molecular flexibility index (Phi) is 2.34. The topological polar surface area (TPSA) is 73.2 Å². The third-order valence-electron chi connectivity index (χ3n) is 2.78. The number of alkyl halides is 3. The van der Waals surface area contributed by atoms with E-state index in [0.29, 0.717) is 0 Å². The zero-order chi connectivity index (χ0) is 13.6. The smallest absolute Gasteiger partial charge is 0.417 e. The van der Waals surface area contributed by atoms with Crippen molar-refractivity contribution in [2.24, 2.45) is 0 Å². The van der Waals surface area contributed by atoms with E-state index in [1.165, 1.54) is 12.3 Å². The monoisotopic (exact) mass is 271 g/mol. The van der Waals surface area contributed by atoms with Crippen molar-refractivity contribution in [3.63, 3.8) is 0 Å². The lowest BCUT2D eigenvalue weighted by Crippen LogP contribution is -2.08. The number of aromatic amines is 1. The number of nitrogens with zero attached hydrogens (tertiary/aromatic N) is 1. The van der Waals surface area contributed by atoms with Crippen LogP contribution in [0.4, 0.5) is 19.0 Å². The lowest BCUT2D eigenvalue weighted by molar-refractivity contribution is -0.137. The van der Waals surface area contributed by atoms with Crippen LogP contribution in [-0.4, -0.2) is 17.0 Å². The number of fused-ring (bicyclic) bond motifs is 1. The molecular weight excluding hydrogens is 263 g/mol. The Morgan fingerprint density at radius 1 is 1.26 bits per heavy atom. The Hall–Kier alpha value is -2.38. The predicted octanol–water partition coefficient (Wildman–Crippen LogP) is 2.41. The summed E-state index contributed by atoms with van der Waals surface area (Å²) in [6, 6.07) is 2.17. The highest BCUT2D eigenvalue weighted by Gasteiger charge is 2.38. The standard InChI is InChI=1S/C11H8F3N3O2/c12-11(13,14)6-1-2-7-9(19-4-18-7)8(6)5-3-16-17-10(5)15/h1-3H,4H2,(H3,15,16,17). The van der Waals surface area contributed by atoms with Gasteiger partial charge in [0.15, 0.2) is 11.5 Å². The van der Waals surface area contributed by atoms with Crippen molar-refractivity contribution in [3.8, 4) is 22.6 Å². The van der Waals surface area contributed by atoms with Crippen LogP contribution in [-0.2, 0) is 6.18 Å². The number of ether oxygens (including phenoxy) is 2. The minimum Gasteiger partial charge on any atom is -0.454 e. The summed E-state index contributed by atoms with van der Waals surface area (Å²) >= 11 is 0. The van der Waals surface area contributed by atoms with Crippen molar-refractivity contribution in [1.82, 2.24) is 10.2 Å². The molecule has 1 aliphatic heterocycles. The number of nitrogens with two attached hydrogens (primary N) is 1. The van der Waals surface area contributed by atoms with Gasteiger partial charge in [-0.15, -0.1) is 0 Å². The van der Waals surface area contributed by atoms with Gasteiger partial charge in [-0.25, -0.2) is 0 Å². The molecule has 100 valence electrons. The van der Waals surface area contributed by atoms with Gasteiger partial charge in [0.25, 0.3) is 0 Å². The first-order valence-electron chi connectivity index (χ1n) is 5.27. The number of H-pyrrole nitrogens is 1. The number of hydrogen-bond acceptors (Lipinski definition) is 4. The van der Waals surface area contributed by atoms with E-state index in [4.69, 9.17) is 15.2 Å². The minimum atomic E-state index is -4.53. The van der Waals surface area contributed by atoms with Crippen LogP contribution in [0.5, 0.6) is 11.5 Å². The molecule has 3 N–H and O–H groups in total. The first-order valence-corrected chi connectivity index (χ1v) is 5.27. The van der Waals surface area contributed by atoms with E-state index >= 15 is 0 Å². The summed E-state index contributed by atoms with van der Waals surface area (Å²) in [6.45, 7) is -0.124. The zero-order valence-corrected chi connectivity index (χ0v) is 9.41. The maximum atomic E-state index is 13.1. The molecule has 0 amide bonds. The normalized spacial score (nSPS) is 13.8. The fourth-order valence-electron chi connectivity index (χ4n) is 1.97. The molecule has 1 aromatic heterocycles. The highest BCUT2D eigenvalue weighted by molar-refractivity contribution is 5.83. The Balaban J connectivity index is 2.32. The van der Waals surface area contributed by atoms with E-state index in [2.05, 4.69) is 10.2 Å². The molecule has 0 bridgehead atoms. The van der Waals surface area contributed by atoms with E-state index in [1.807, 2.05) is 0 Å². The second kappa shape index (κ2) is 3.81. The average Bonchev–Trinajstić information content (AvgIpc) is 2.94. The van der Waals surface area contributed by atoms with Gasteiger partial charge in [0.05, 0.1) is 11.8 Å². The molecule has 0 saturated heterocycles. The summed E-state index contributed by atoms with van der Waals surface area (Å²) in [5, 5.41) is 6.03. The molecule has 8 heteroatoms. The number of aromatic nitrogens is 2. The molecule has 0 atom stereocenters. The molecule has 1 aromatic carbocycles. The van der Waals surface area contributed by atoms with Crippen LogP contribution in [0, 0.1) is 0 Å². The van der Waals surface area contributed by atoms with E-state index in [1.54, 1.807) is 0 Å². The maximum Gasteiger partial charge on any atom is 0.417 e. The summed E-state index contributed by atoms with van der Waals surface area (Å²) < 4.78 is 49.4. The number of hydrogen-bond donors (Lipinski definition) is 2. The zero-order valence-electron chi connectivity index (χ0n) is 9.41. The summed E-state index contributed by atoms with van der Waals surface area (Å²) in [7, 11) is 0. The van der Waals surface area contributed by atoms with E-state index in [9.17, 15) is 13.2 Å². The molecule has 0 spiro atoms. The molecule has 2 aromatic rings. The fourth-order valence-corrected chi connectivity index (χ4v) is 1.97. The highest BCUT2D eigenvalue weighted by Crippen LogP contribution is 2.49. The van der Waals surface area contributed by atoms with Crippen LogP contribution in [0.1, 0.15) is 5.56 Å². The summed E-state index contributed by atoms with van der Waals surface area (Å²) in [5.74, 6) is 0.320. The number of anilines is 1. The Labute approximate surface area is 105 Å². The van der Waals surface area contributed by atoms with Crippen LogP contribution in [0.3, 0.4) is 0 Å². The Morgan fingerprint density at radius 3 is 2.68 bits per heavy atom. The van der Waals surface area contributed by atoms with Gasteiger partial charge in [-0.1, -0.05) is 0 Å². The van der Waals surface area contributed by atoms with E-state index < -0.39 is 11.7 Å². The molecular formula is C11H8F3N3O2. The highest BCUT2D eigenvalue weighted by atomic mass is 19.4. The number of halogens is 3. The van der Waals surface area contributed by atoms with Crippen molar-refractivity contribution in [2.45, 2.75) is 6.18 Å². The SMILES string of the molecule is Nc1[nH]ncc1-c1c(C(F)(F)F)ccc2c1OCO2. The molecule has 19 heavy (non-hydrogen) atoms. The van der Waals surface area contributed by atoms with Crippen molar-refractivity contribution in [3.05, 3.63) is 23.9 Å². The second-order valence-electron chi connectivity index (χ2n) is 3.92. The Bertz CT molecular complexity index is 637. The van der Waals surface area contributed by atoms with Gasteiger partial charge in [0, 0.05) is 11.1 Å². The number of rotatable bonds is 1. The van der Waals surface area contributed by atoms with Gasteiger partial charge < -0.3 is 15.2 Å². The van der Waals surface area contributed by atoms with Crippen LogP contribution in [0.25, 0.3) is 11.1 Å². The van der Waals surface area contributed by atoms with Crippen molar-refractivity contribution < 1.29 is 22.6 Å². The van der Waals surface area contributed by atoms with Gasteiger partial charge in [-0.3, -0.25) is 5.10 Å². The molecule has 0 aliphatic carbocycles. The van der Waals surface area contributed by atoms with E-state index in [-0.39, 0.29) is 35.2 Å². The molecule has 0 fully saturated rings. The molecule has 0 unspecified atom stereocenters. The summed E-state index contributed by atoms with van der Waals surface area (Å²) in [4.78, 5) is 0. The molecule has 0 radical (unpaired) electrons. The van der Waals surface area contributed by atoms with Crippen LogP contribution in [0.15, 0.2) is 18.3 Å². The van der Waals surface area contributed by atoms with Gasteiger partial charge in [-0.05, 0) is 12.1 Å². The molecule has 2 heterocycles. The molecule has 1 aliphatic rings. The van der Waals surface area contributed by atoms with Gasteiger partial charge in [-0.2, -0.15) is 18.3 Å². The fraction of sp³-hybridized carbons (Fsp3) is 0.182. The van der Waals surface area contributed by atoms with Crippen molar-refractivity contribution >= 4 is 5.82 Å². The maximum absolute atomic E-state index is 13.1. The molecule has 3 rings (SSSR count). The molecule has 5 nitrogen and oxygen atoms in total. The first kappa shape index (κ1) is 11.7. The third-order valence-corrected chi connectivity index (χ3v) is 2.78. The number of nitrogens with one attached hydrogen (secondary N) is 1. The summed E-state index contributed by atoms with van der Waals surface area (Å²) in [6.07, 6.45) is -3.30. The number of benzene rings is 1. The van der Waals surface area contributed by atoms with Gasteiger partial charge in [0.1, 0.15) is 5.82 Å². The molecule has 0 saturated carbocycles. The minimum absolute atomic E-state index is 0.0305. The summed E-state index contributed by atoms with van der Waals surface area (Å²) in [5.41, 5.74) is 4.73. The predicted molar refractivity (Wildman–Crippen MR) is 59.6 cm³/mol. The first-order chi connectivity index (χ1) is 8.98. The number of nitrogen functional groups attached to an aromatic ring is 1. The quantitative estimate of drug-likeness (QED) is 0.835. The lowest BCUT2D eigenvalue weighted by atomic mass is 9.99. The Morgan fingerprint density at radius 2 is 2.05 bits per heavy atom. The van der Waals surface area contributed by atoms with Crippen LogP contribution < -0.4 is 15.2 Å². The third kappa shape index (κ3) is 1.76.